The number of ether oxygens (including phenoxy) is 1. The minimum atomic E-state index is -1.02. The van der Waals surface area contributed by atoms with E-state index in [1.54, 1.807) is 0 Å². The van der Waals surface area contributed by atoms with Gasteiger partial charge in [-0.15, -0.1) is 0 Å². The van der Waals surface area contributed by atoms with Crippen LogP contribution in [0.2, 0.25) is 5.02 Å². The van der Waals surface area contributed by atoms with Crippen molar-refractivity contribution < 1.29 is 14.6 Å². The Morgan fingerprint density at radius 3 is 2.80 bits per heavy atom. The van der Waals surface area contributed by atoms with Gasteiger partial charge in [0, 0.05) is 6.42 Å². The average molecular weight is 298 g/mol. The maximum Gasteiger partial charge on any atom is 0.320 e. The molecule has 1 aromatic carbocycles. The molecule has 1 aliphatic rings. The molecule has 0 aromatic heterocycles. The number of carboxylic acids is 1. The van der Waals surface area contributed by atoms with Crippen molar-refractivity contribution in [2.24, 2.45) is 11.7 Å². The third-order valence-corrected chi connectivity index (χ3v) is 3.99. The first-order valence-corrected chi connectivity index (χ1v) is 7.25. The van der Waals surface area contributed by atoms with Crippen molar-refractivity contribution in [3.05, 3.63) is 28.3 Å². The van der Waals surface area contributed by atoms with Crippen molar-refractivity contribution in [2.75, 3.05) is 6.61 Å². The summed E-state index contributed by atoms with van der Waals surface area (Å²) in [5.74, 6) is 0.154. The number of rotatable bonds is 6. The number of carboxylic acid groups (broad SMARTS) is 1. The van der Waals surface area contributed by atoms with Gasteiger partial charge in [0.2, 0.25) is 0 Å². The fraction of sp³-hybridized carbons (Fsp3) is 0.533. The van der Waals surface area contributed by atoms with E-state index in [1.807, 2.05) is 19.1 Å². The highest BCUT2D eigenvalue weighted by atomic mass is 35.5. The number of hydrogen-bond donors (Lipinski definition) is 2. The monoisotopic (exact) mass is 297 g/mol. The second-order valence-electron chi connectivity index (χ2n) is 5.49. The lowest BCUT2D eigenvalue weighted by atomic mass is 9.86. The van der Waals surface area contributed by atoms with Crippen LogP contribution in [0.1, 0.15) is 30.4 Å². The van der Waals surface area contributed by atoms with E-state index < -0.39 is 12.0 Å². The Labute approximate surface area is 123 Å². The molecule has 2 rings (SSSR count). The van der Waals surface area contributed by atoms with Gasteiger partial charge in [-0.1, -0.05) is 24.1 Å². The second kappa shape index (κ2) is 6.46. The van der Waals surface area contributed by atoms with E-state index in [4.69, 9.17) is 27.2 Å². The van der Waals surface area contributed by atoms with Gasteiger partial charge in [0.05, 0.1) is 11.6 Å². The summed E-state index contributed by atoms with van der Waals surface area (Å²) in [6, 6.07) is 2.78. The fourth-order valence-electron chi connectivity index (χ4n) is 2.30. The zero-order chi connectivity index (χ0) is 14.7. The van der Waals surface area contributed by atoms with Crippen LogP contribution in [0.15, 0.2) is 12.1 Å². The largest absolute Gasteiger partial charge is 0.491 e. The van der Waals surface area contributed by atoms with Crippen molar-refractivity contribution in [1.82, 2.24) is 0 Å². The van der Waals surface area contributed by atoms with E-state index in [0.717, 1.165) is 11.1 Å². The number of halogens is 1. The second-order valence-corrected chi connectivity index (χ2v) is 5.90. The summed E-state index contributed by atoms with van der Waals surface area (Å²) < 4.78 is 5.83. The van der Waals surface area contributed by atoms with Crippen LogP contribution in [0.5, 0.6) is 5.75 Å². The highest BCUT2D eigenvalue weighted by Gasteiger charge is 2.21. The fourth-order valence-corrected chi connectivity index (χ4v) is 2.65. The first kappa shape index (κ1) is 15.1. The van der Waals surface area contributed by atoms with Gasteiger partial charge >= 0.3 is 5.97 Å². The van der Waals surface area contributed by atoms with Crippen LogP contribution >= 0.6 is 11.6 Å². The van der Waals surface area contributed by atoms with Crippen molar-refractivity contribution >= 4 is 17.6 Å². The molecule has 1 aromatic rings. The topological polar surface area (TPSA) is 72.5 Å². The molecule has 20 heavy (non-hydrogen) atoms. The molecule has 1 aliphatic carbocycles. The summed E-state index contributed by atoms with van der Waals surface area (Å²) in [6.45, 7) is 2.55. The van der Waals surface area contributed by atoms with Crippen molar-refractivity contribution in [2.45, 2.75) is 38.6 Å². The van der Waals surface area contributed by atoms with Crippen LogP contribution in [0.4, 0.5) is 0 Å². The Hall–Kier alpha value is -1.26. The molecule has 1 atom stereocenters. The van der Waals surface area contributed by atoms with Gasteiger partial charge in [0.15, 0.2) is 0 Å². The molecular formula is C15H20ClNO3. The molecule has 0 heterocycles. The highest BCUT2D eigenvalue weighted by molar-refractivity contribution is 6.32. The third kappa shape index (κ3) is 3.64. The molecule has 0 aliphatic heterocycles. The summed E-state index contributed by atoms with van der Waals surface area (Å²) >= 11 is 6.23. The van der Waals surface area contributed by atoms with Crippen LogP contribution in [0.25, 0.3) is 0 Å². The molecule has 0 radical (unpaired) electrons. The molecule has 0 amide bonds. The SMILES string of the molecule is Cc1cc(Cl)c(OCC2CCC2)c(CC(N)C(=O)O)c1. The molecule has 1 fully saturated rings. The lowest BCUT2D eigenvalue weighted by Gasteiger charge is -2.26. The van der Waals surface area contributed by atoms with Crippen molar-refractivity contribution in [3.8, 4) is 5.75 Å². The first-order chi connectivity index (χ1) is 9.47. The molecule has 1 saturated carbocycles. The van der Waals surface area contributed by atoms with E-state index in [9.17, 15) is 4.79 Å². The van der Waals surface area contributed by atoms with E-state index >= 15 is 0 Å². The maximum absolute atomic E-state index is 10.9. The van der Waals surface area contributed by atoms with Gasteiger partial charge in [-0.05, 0) is 42.9 Å². The van der Waals surface area contributed by atoms with Crippen molar-refractivity contribution in [1.29, 1.82) is 0 Å². The van der Waals surface area contributed by atoms with E-state index in [-0.39, 0.29) is 6.42 Å². The number of nitrogens with two attached hydrogens (primary N) is 1. The van der Waals surface area contributed by atoms with Crippen LogP contribution < -0.4 is 10.5 Å². The summed E-state index contributed by atoms with van der Waals surface area (Å²) in [5, 5.41) is 9.46. The molecule has 0 saturated heterocycles. The molecule has 5 heteroatoms. The van der Waals surface area contributed by atoms with Crippen LogP contribution in [-0.4, -0.2) is 23.7 Å². The molecule has 3 N–H and O–H groups in total. The predicted molar refractivity (Wildman–Crippen MR) is 78.3 cm³/mol. The lowest BCUT2D eigenvalue weighted by Crippen LogP contribution is -2.32. The summed E-state index contributed by atoms with van der Waals surface area (Å²) in [5.41, 5.74) is 7.35. The van der Waals surface area contributed by atoms with E-state index in [2.05, 4.69) is 0 Å². The zero-order valence-corrected chi connectivity index (χ0v) is 12.3. The van der Waals surface area contributed by atoms with Crippen LogP contribution in [-0.2, 0) is 11.2 Å². The molecule has 110 valence electrons. The van der Waals surface area contributed by atoms with Crippen LogP contribution in [0, 0.1) is 12.8 Å². The van der Waals surface area contributed by atoms with Crippen LogP contribution in [0.3, 0.4) is 0 Å². The summed E-state index contributed by atoms with van der Waals surface area (Å²) in [4.78, 5) is 10.9. The number of carbonyl (C=O) groups is 1. The molecule has 4 nitrogen and oxygen atoms in total. The molecule has 0 spiro atoms. The predicted octanol–water partition coefficient (Wildman–Crippen LogP) is 2.78. The van der Waals surface area contributed by atoms with E-state index in [1.165, 1.54) is 19.3 Å². The number of aliphatic carboxylic acids is 1. The number of benzene rings is 1. The van der Waals surface area contributed by atoms with Gasteiger partial charge in [-0.2, -0.15) is 0 Å². The molecular weight excluding hydrogens is 278 g/mol. The zero-order valence-electron chi connectivity index (χ0n) is 11.6. The van der Waals surface area contributed by atoms with Gasteiger partial charge in [-0.3, -0.25) is 4.79 Å². The Morgan fingerprint density at radius 1 is 1.55 bits per heavy atom. The van der Waals surface area contributed by atoms with Gasteiger partial charge in [0.25, 0.3) is 0 Å². The Kier molecular flexibility index (Phi) is 4.89. The standard InChI is InChI=1S/C15H20ClNO3/c1-9-5-11(7-13(17)15(18)19)14(12(16)6-9)20-8-10-3-2-4-10/h5-6,10,13H,2-4,7-8,17H2,1H3,(H,18,19). The number of hydrogen-bond acceptors (Lipinski definition) is 3. The van der Waals surface area contributed by atoms with E-state index in [0.29, 0.717) is 23.3 Å². The Bertz CT molecular complexity index is 500. The van der Waals surface area contributed by atoms with Gasteiger partial charge in [-0.25, -0.2) is 0 Å². The summed E-state index contributed by atoms with van der Waals surface area (Å²) in [7, 11) is 0. The molecule has 1 unspecified atom stereocenters. The highest BCUT2D eigenvalue weighted by Crippen LogP contribution is 2.33. The Balaban J connectivity index is 2.15. The van der Waals surface area contributed by atoms with Crippen molar-refractivity contribution in [3.63, 3.8) is 0 Å². The normalized spacial score (nSPS) is 16.6. The lowest BCUT2D eigenvalue weighted by molar-refractivity contribution is -0.138. The minimum Gasteiger partial charge on any atom is -0.491 e. The first-order valence-electron chi connectivity index (χ1n) is 6.87. The average Bonchev–Trinajstić information content (AvgIpc) is 2.29. The minimum absolute atomic E-state index is 0.219. The third-order valence-electron chi connectivity index (χ3n) is 3.71. The quantitative estimate of drug-likeness (QED) is 0.847. The Morgan fingerprint density at radius 2 is 2.25 bits per heavy atom. The smallest absolute Gasteiger partial charge is 0.320 e. The van der Waals surface area contributed by atoms with Gasteiger partial charge < -0.3 is 15.6 Å². The number of aryl methyl sites for hydroxylation is 1. The van der Waals surface area contributed by atoms with Gasteiger partial charge in [0.1, 0.15) is 11.8 Å². The summed E-state index contributed by atoms with van der Waals surface area (Å²) in [6.07, 6.45) is 3.85. The molecule has 0 bridgehead atoms. The maximum atomic E-state index is 10.9.